The number of nitrogens with one attached hydrogen (secondary N) is 1. The molecule has 1 saturated heterocycles. The van der Waals surface area contributed by atoms with Gasteiger partial charge in [0.1, 0.15) is 5.75 Å². The number of amides is 1. The van der Waals surface area contributed by atoms with Crippen LogP contribution in [0.5, 0.6) is 5.75 Å². The van der Waals surface area contributed by atoms with Gasteiger partial charge in [0.2, 0.25) is 15.9 Å². The van der Waals surface area contributed by atoms with Crippen molar-refractivity contribution < 1.29 is 17.9 Å². The maximum absolute atomic E-state index is 13.0. The summed E-state index contributed by atoms with van der Waals surface area (Å²) in [5.74, 6) is 2.05. The normalized spacial score (nSPS) is 14.7. The molecule has 2 aromatic rings. The van der Waals surface area contributed by atoms with Crippen LogP contribution in [-0.4, -0.2) is 51.1 Å². The highest BCUT2D eigenvalue weighted by atomic mass is 35.5. The zero-order valence-electron chi connectivity index (χ0n) is 19.2. The summed E-state index contributed by atoms with van der Waals surface area (Å²) in [6.07, 6.45) is 3.47. The first kappa shape index (κ1) is 27.1. The number of hydrogen-bond donors (Lipinski definition) is 1. The Morgan fingerprint density at radius 3 is 2.56 bits per heavy atom. The summed E-state index contributed by atoms with van der Waals surface area (Å²) in [5, 5.41) is 3.99. The van der Waals surface area contributed by atoms with E-state index in [0.29, 0.717) is 47.4 Å². The van der Waals surface area contributed by atoms with Crippen molar-refractivity contribution in [2.24, 2.45) is 0 Å². The zero-order valence-corrected chi connectivity index (χ0v) is 22.3. The van der Waals surface area contributed by atoms with E-state index in [1.54, 1.807) is 47.4 Å². The molecule has 1 amide bonds. The van der Waals surface area contributed by atoms with Gasteiger partial charge < -0.3 is 10.1 Å². The Morgan fingerprint density at radius 1 is 1.09 bits per heavy atom. The molecule has 3 rings (SSSR count). The van der Waals surface area contributed by atoms with Crippen molar-refractivity contribution in [1.82, 2.24) is 9.62 Å². The number of sulfonamides is 1. The number of methoxy groups -OCH3 is 1. The summed E-state index contributed by atoms with van der Waals surface area (Å²) in [5.41, 5.74) is 1.79. The summed E-state index contributed by atoms with van der Waals surface area (Å²) in [6, 6.07) is 10.5. The highest BCUT2D eigenvalue weighted by Crippen LogP contribution is 2.27. The molecule has 0 unspecified atom stereocenters. The van der Waals surface area contributed by atoms with Crippen LogP contribution in [0.2, 0.25) is 10.0 Å². The van der Waals surface area contributed by atoms with E-state index >= 15 is 0 Å². The molecule has 10 heteroatoms. The van der Waals surface area contributed by atoms with Crippen LogP contribution < -0.4 is 10.1 Å². The van der Waals surface area contributed by atoms with Crippen LogP contribution in [0.15, 0.2) is 41.3 Å². The van der Waals surface area contributed by atoms with Gasteiger partial charge in [-0.25, -0.2) is 8.42 Å². The number of halogens is 2. The molecule has 0 atom stereocenters. The molecular weight excluding hydrogens is 515 g/mol. The van der Waals surface area contributed by atoms with Crippen molar-refractivity contribution in [2.75, 3.05) is 32.5 Å². The summed E-state index contributed by atoms with van der Waals surface area (Å²) in [4.78, 5) is 12.6. The fraction of sp³-hybridized carbons (Fsp3) is 0.458. The highest BCUT2D eigenvalue weighted by molar-refractivity contribution is 7.98. The van der Waals surface area contributed by atoms with E-state index in [-0.39, 0.29) is 17.2 Å². The van der Waals surface area contributed by atoms with Crippen LogP contribution in [0.1, 0.15) is 36.8 Å². The third-order valence-electron chi connectivity index (χ3n) is 5.65. The Kier molecular flexibility index (Phi) is 10.4. The molecule has 0 radical (unpaired) electrons. The largest absolute Gasteiger partial charge is 0.496 e. The molecule has 1 aliphatic rings. The second-order valence-electron chi connectivity index (χ2n) is 8.09. The first-order chi connectivity index (χ1) is 16.3. The van der Waals surface area contributed by atoms with Gasteiger partial charge in [-0.1, -0.05) is 35.7 Å². The van der Waals surface area contributed by atoms with Crippen molar-refractivity contribution in [3.63, 3.8) is 0 Å². The number of ether oxygens (including phenoxy) is 1. The molecule has 0 bridgehead atoms. The average Bonchev–Trinajstić information content (AvgIpc) is 2.85. The number of rotatable bonds is 11. The van der Waals surface area contributed by atoms with Gasteiger partial charge >= 0.3 is 0 Å². The Morgan fingerprint density at radius 2 is 1.85 bits per heavy atom. The third-order valence-corrected chi connectivity index (χ3v) is 9.31. The lowest BCUT2D eigenvalue weighted by Gasteiger charge is -2.26. The maximum Gasteiger partial charge on any atom is 0.243 e. The van der Waals surface area contributed by atoms with Gasteiger partial charge in [0.15, 0.2) is 0 Å². The van der Waals surface area contributed by atoms with Crippen LogP contribution in [0.25, 0.3) is 0 Å². The standard InChI is InChI=1S/C24H30Cl2N2O4S2/c1-32-23-9-7-20(34(30,31)28-12-3-2-4-13-28)16-19(23)6-10-24(29)27-11-14-33-17-18-5-8-21(25)22(26)15-18/h5,7-9,15-16H,2-4,6,10-14,17H2,1H3,(H,27,29). The molecule has 1 aliphatic heterocycles. The van der Waals surface area contributed by atoms with E-state index in [9.17, 15) is 13.2 Å². The molecule has 34 heavy (non-hydrogen) atoms. The van der Waals surface area contributed by atoms with Gasteiger partial charge in [-0.2, -0.15) is 16.1 Å². The summed E-state index contributed by atoms with van der Waals surface area (Å²) >= 11 is 13.7. The fourth-order valence-electron chi connectivity index (χ4n) is 3.78. The molecule has 0 saturated carbocycles. The van der Waals surface area contributed by atoms with Gasteiger partial charge in [0, 0.05) is 37.6 Å². The van der Waals surface area contributed by atoms with Crippen molar-refractivity contribution in [3.05, 3.63) is 57.6 Å². The van der Waals surface area contributed by atoms with Crippen LogP contribution in [-0.2, 0) is 27.0 Å². The lowest BCUT2D eigenvalue weighted by molar-refractivity contribution is -0.120. The fourth-order valence-corrected chi connectivity index (χ4v) is 6.48. The Labute approximate surface area is 216 Å². The number of thioether (sulfide) groups is 1. The van der Waals surface area contributed by atoms with E-state index in [0.717, 1.165) is 36.3 Å². The summed E-state index contributed by atoms with van der Waals surface area (Å²) in [7, 11) is -1.99. The Hall–Kier alpha value is -1.45. The van der Waals surface area contributed by atoms with E-state index in [2.05, 4.69) is 5.32 Å². The van der Waals surface area contributed by atoms with Crippen molar-refractivity contribution in [2.45, 2.75) is 42.8 Å². The molecule has 0 spiro atoms. The Bertz CT molecular complexity index is 1090. The van der Waals surface area contributed by atoms with Gasteiger partial charge in [0.05, 0.1) is 22.1 Å². The molecule has 0 aromatic heterocycles. The van der Waals surface area contributed by atoms with Gasteiger partial charge in [-0.3, -0.25) is 4.79 Å². The molecule has 2 aromatic carbocycles. The molecule has 1 N–H and O–H groups in total. The molecule has 1 heterocycles. The first-order valence-electron chi connectivity index (χ1n) is 11.3. The monoisotopic (exact) mass is 544 g/mol. The van der Waals surface area contributed by atoms with Crippen molar-refractivity contribution in [3.8, 4) is 5.75 Å². The minimum Gasteiger partial charge on any atom is -0.496 e. The minimum atomic E-state index is -3.54. The number of carbonyl (C=O) groups is 1. The van der Waals surface area contributed by atoms with Crippen LogP contribution in [0.4, 0.5) is 0 Å². The number of nitrogens with zero attached hydrogens (tertiary/aromatic N) is 1. The number of carbonyl (C=O) groups excluding carboxylic acids is 1. The van der Waals surface area contributed by atoms with Crippen LogP contribution >= 0.6 is 35.0 Å². The van der Waals surface area contributed by atoms with Crippen LogP contribution in [0, 0.1) is 0 Å². The number of benzene rings is 2. The van der Waals surface area contributed by atoms with Gasteiger partial charge in [-0.05, 0) is 60.7 Å². The molecular formula is C24H30Cl2N2O4S2. The van der Waals surface area contributed by atoms with Crippen molar-refractivity contribution >= 4 is 50.9 Å². The van der Waals surface area contributed by atoms with E-state index in [1.807, 2.05) is 12.1 Å². The second kappa shape index (κ2) is 13.0. The first-order valence-corrected chi connectivity index (χ1v) is 14.6. The third kappa shape index (κ3) is 7.52. The lowest BCUT2D eigenvalue weighted by atomic mass is 10.1. The minimum absolute atomic E-state index is 0.0820. The number of hydrogen-bond acceptors (Lipinski definition) is 5. The molecule has 1 fully saturated rings. The average molecular weight is 546 g/mol. The molecule has 186 valence electrons. The molecule has 6 nitrogen and oxygen atoms in total. The van der Waals surface area contributed by atoms with Gasteiger partial charge in [0.25, 0.3) is 0 Å². The van der Waals surface area contributed by atoms with Crippen LogP contribution in [0.3, 0.4) is 0 Å². The summed E-state index contributed by atoms with van der Waals surface area (Å²) < 4.78 is 33.0. The lowest BCUT2D eigenvalue weighted by Crippen LogP contribution is -2.35. The van der Waals surface area contributed by atoms with E-state index in [1.165, 1.54) is 0 Å². The van der Waals surface area contributed by atoms with E-state index in [4.69, 9.17) is 27.9 Å². The quantitative estimate of drug-likeness (QED) is 0.395. The summed E-state index contributed by atoms with van der Waals surface area (Å²) in [6.45, 7) is 1.65. The second-order valence-corrected chi connectivity index (χ2v) is 11.9. The SMILES string of the molecule is COc1ccc(S(=O)(=O)N2CCCCC2)cc1CCC(=O)NCCSCc1ccc(Cl)c(Cl)c1. The predicted molar refractivity (Wildman–Crippen MR) is 140 cm³/mol. The Balaban J connectivity index is 1.48. The van der Waals surface area contributed by atoms with Gasteiger partial charge in [-0.15, -0.1) is 0 Å². The smallest absolute Gasteiger partial charge is 0.243 e. The maximum atomic E-state index is 13.0. The highest BCUT2D eigenvalue weighted by Gasteiger charge is 2.26. The number of piperidine rings is 1. The zero-order chi connectivity index (χ0) is 24.6. The van der Waals surface area contributed by atoms with E-state index < -0.39 is 10.0 Å². The topological polar surface area (TPSA) is 75.7 Å². The number of aryl methyl sites for hydroxylation is 1. The predicted octanol–water partition coefficient (Wildman–Crippen LogP) is 5.16. The van der Waals surface area contributed by atoms with Crippen molar-refractivity contribution in [1.29, 1.82) is 0 Å². The molecule has 0 aliphatic carbocycles.